The topological polar surface area (TPSA) is 41.1 Å². The van der Waals surface area contributed by atoms with Crippen LogP contribution in [0.1, 0.15) is 59.8 Å². The lowest BCUT2D eigenvalue weighted by atomic mass is 9.78. The van der Waals surface area contributed by atoms with Crippen molar-refractivity contribution in [1.82, 2.24) is 10.6 Å². The lowest BCUT2D eigenvalue weighted by Gasteiger charge is -2.31. The summed E-state index contributed by atoms with van der Waals surface area (Å²) in [5.74, 6) is 0.858. The van der Waals surface area contributed by atoms with Crippen LogP contribution in [0.25, 0.3) is 0 Å². The highest BCUT2D eigenvalue weighted by Gasteiger charge is 2.33. The van der Waals surface area contributed by atoms with Gasteiger partial charge in [0.2, 0.25) is 5.91 Å². The number of rotatable bonds is 7. The molecule has 0 radical (unpaired) electrons. The Morgan fingerprint density at radius 1 is 1.17 bits per heavy atom. The molecule has 1 aliphatic carbocycles. The molecule has 3 heteroatoms. The van der Waals surface area contributed by atoms with Gasteiger partial charge in [-0.15, -0.1) is 0 Å². The predicted octanol–water partition coefficient (Wildman–Crippen LogP) is 2.71. The van der Waals surface area contributed by atoms with Gasteiger partial charge in [-0.1, -0.05) is 26.7 Å². The third-order valence-corrected chi connectivity index (χ3v) is 3.74. The van der Waals surface area contributed by atoms with E-state index in [0.29, 0.717) is 12.0 Å². The van der Waals surface area contributed by atoms with Crippen molar-refractivity contribution in [3.8, 4) is 0 Å². The monoisotopic (exact) mass is 254 g/mol. The Morgan fingerprint density at radius 3 is 2.28 bits per heavy atom. The standard InChI is InChI=1S/C15H30N2O/c1-12(2)9-15(7-5-6-8-15)11-16-10-14(18)17-13(3)4/h12-13,16H,5-11H2,1-4H3,(H,17,18). The summed E-state index contributed by atoms with van der Waals surface area (Å²) < 4.78 is 0. The quantitative estimate of drug-likeness (QED) is 0.733. The zero-order chi connectivity index (χ0) is 13.6. The van der Waals surface area contributed by atoms with Crippen LogP contribution in [0.4, 0.5) is 0 Å². The van der Waals surface area contributed by atoms with Gasteiger partial charge in [0.1, 0.15) is 0 Å². The first-order chi connectivity index (χ1) is 8.43. The van der Waals surface area contributed by atoms with E-state index < -0.39 is 0 Å². The number of carbonyl (C=O) groups is 1. The highest BCUT2D eigenvalue weighted by Crippen LogP contribution is 2.42. The highest BCUT2D eigenvalue weighted by atomic mass is 16.1. The average Bonchev–Trinajstić information content (AvgIpc) is 2.64. The Balaban J connectivity index is 2.32. The third kappa shape index (κ3) is 5.38. The molecule has 0 bridgehead atoms. The maximum Gasteiger partial charge on any atom is 0.234 e. The largest absolute Gasteiger partial charge is 0.353 e. The van der Waals surface area contributed by atoms with E-state index in [2.05, 4.69) is 24.5 Å². The molecule has 1 amide bonds. The van der Waals surface area contributed by atoms with Crippen molar-refractivity contribution in [3.05, 3.63) is 0 Å². The van der Waals surface area contributed by atoms with Gasteiger partial charge >= 0.3 is 0 Å². The first kappa shape index (κ1) is 15.5. The highest BCUT2D eigenvalue weighted by molar-refractivity contribution is 5.78. The molecule has 0 spiro atoms. The number of carbonyl (C=O) groups excluding carboxylic acids is 1. The normalized spacial score (nSPS) is 18.6. The summed E-state index contributed by atoms with van der Waals surface area (Å²) in [5.41, 5.74) is 0.451. The summed E-state index contributed by atoms with van der Waals surface area (Å²) in [7, 11) is 0. The van der Waals surface area contributed by atoms with Crippen LogP contribution in [0.2, 0.25) is 0 Å². The Labute approximate surface area is 112 Å². The molecule has 1 saturated carbocycles. The van der Waals surface area contributed by atoms with Gasteiger partial charge in [-0.25, -0.2) is 0 Å². The van der Waals surface area contributed by atoms with Crippen LogP contribution in [0.3, 0.4) is 0 Å². The molecule has 0 unspecified atom stereocenters. The van der Waals surface area contributed by atoms with E-state index in [-0.39, 0.29) is 11.9 Å². The second-order valence-corrected chi connectivity index (χ2v) is 6.63. The number of nitrogens with one attached hydrogen (secondary N) is 2. The van der Waals surface area contributed by atoms with Crippen LogP contribution in [-0.2, 0) is 4.79 Å². The van der Waals surface area contributed by atoms with Gasteiger partial charge in [-0.2, -0.15) is 0 Å². The van der Waals surface area contributed by atoms with Gasteiger partial charge in [0.25, 0.3) is 0 Å². The molecule has 0 heterocycles. The molecule has 0 atom stereocenters. The summed E-state index contributed by atoms with van der Waals surface area (Å²) in [6.45, 7) is 10.0. The number of hydrogen-bond acceptors (Lipinski definition) is 2. The molecule has 0 aliphatic heterocycles. The summed E-state index contributed by atoms with van der Waals surface area (Å²) in [4.78, 5) is 11.6. The molecule has 2 N–H and O–H groups in total. The van der Waals surface area contributed by atoms with Crippen LogP contribution >= 0.6 is 0 Å². The SMILES string of the molecule is CC(C)CC1(CNCC(=O)NC(C)C)CCCC1. The summed E-state index contributed by atoms with van der Waals surface area (Å²) in [6, 6.07) is 0.232. The van der Waals surface area contributed by atoms with Crippen LogP contribution in [-0.4, -0.2) is 25.0 Å². The van der Waals surface area contributed by atoms with Crippen LogP contribution in [0.15, 0.2) is 0 Å². The van der Waals surface area contributed by atoms with E-state index in [1.807, 2.05) is 13.8 Å². The fourth-order valence-electron chi connectivity index (χ4n) is 3.26. The second-order valence-electron chi connectivity index (χ2n) is 6.63. The molecule has 0 aromatic carbocycles. The Bertz CT molecular complexity index is 255. The Hall–Kier alpha value is -0.570. The Morgan fingerprint density at radius 2 is 1.78 bits per heavy atom. The molecule has 1 fully saturated rings. The molecule has 1 rings (SSSR count). The fraction of sp³-hybridized carbons (Fsp3) is 0.933. The van der Waals surface area contributed by atoms with Crippen molar-refractivity contribution < 1.29 is 4.79 Å². The van der Waals surface area contributed by atoms with E-state index >= 15 is 0 Å². The van der Waals surface area contributed by atoms with Gasteiger partial charge in [0.05, 0.1) is 6.54 Å². The molecule has 0 aromatic rings. The minimum atomic E-state index is 0.114. The first-order valence-electron chi connectivity index (χ1n) is 7.44. The summed E-state index contributed by atoms with van der Waals surface area (Å²) in [6.07, 6.45) is 6.64. The molecule has 18 heavy (non-hydrogen) atoms. The van der Waals surface area contributed by atoms with E-state index in [1.165, 1.54) is 32.1 Å². The van der Waals surface area contributed by atoms with Crippen LogP contribution in [0, 0.1) is 11.3 Å². The smallest absolute Gasteiger partial charge is 0.234 e. The zero-order valence-electron chi connectivity index (χ0n) is 12.5. The van der Waals surface area contributed by atoms with Crippen molar-refractivity contribution in [3.63, 3.8) is 0 Å². The maximum absolute atomic E-state index is 11.6. The first-order valence-corrected chi connectivity index (χ1v) is 7.44. The maximum atomic E-state index is 11.6. The molecular weight excluding hydrogens is 224 g/mol. The number of hydrogen-bond donors (Lipinski definition) is 2. The van der Waals surface area contributed by atoms with E-state index in [4.69, 9.17) is 0 Å². The lowest BCUT2D eigenvalue weighted by molar-refractivity contribution is -0.120. The minimum absolute atomic E-state index is 0.114. The van der Waals surface area contributed by atoms with Crippen molar-refractivity contribution >= 4 is 5.91 Å². The Kier molecular flexibility index (Phi) is 6.13. The third-order valence-electron chi connectivity index (χ3n) is 3.74. The molecule has 0 aromatic heterocycles. The molecule has 106 valence electrons. The molecule has 1 aliphatic rings. The summed E-state index contributed by atoms with van der Waals surface area (Å²) in [5, 5.41) is 6.29. The lowest BCUT2D eigenvalue weighted by Crippen LogP contribution is -2.41. The number of amides is 1. The molecular formula is C15H30N2O. The van der Waals surface area contributed by atoms with Gasteiger partial charge in [-0.05, 0) is 44.4 Å². The average molecular weight is 254 g/mol. The van der Waals surface area contributed by atoms with Gasteiger partial charge in [0, 0.05) is 12.6 Å². The molecule has 3 nitrogen and oxygen atoms in total. The van der Waals surface area contributed by atoms with Gasteiger partial charge in [0.15, 0.2) is 0 Å². The van der Waals surface area contributed by atoms with E-state index in [1.54, 1.807) is 0 Å². The second kappa shape index (κ2) is 7.13. The van der Waals surface area contributed by atoms with E-state index in [9.17, 15) is 4.79 Å². The van der Waals surface area contributed by atoms with Crippen molar-refractivity contribution in [1.29, 1.82) is 0 Å². The van der Waals surface area contributed by atoms with E-state index in [0.717, 1.165) is 12.5 Å². The van der Waals surface area contributed by atoms with Crippen molar-refractivity contribution in [2.45, 2.75) is 65.8 Å². The van der Waals surface area contributed by atoms with Gasteiger partial charge in [-0.3, -0.25) is 4.79 Å². The van der Waals surface area contributed by atoms with Crippen molar-refractivity contribution in [2.75, 3.05) is 13.1 Å². The van der Waals surface area contributed by atoms with Crippen molar-refractivity contribution in [2.24, 2.45) is 11.3 Å². The van der Waals surface area contributed by atoms with Crippen LogP contribution in [0.5, 0.6) is 0 Å². The fourth-order valence-corrected chi connectivity index (χ4v) is 3.26. The summed E-state index contributed by atoms with van der Waals surface area (Å²) >= 11 is 0. The van der Waals surface area contributed by atoms with Crippen LogP contribution < -0.4 is 10.6 Å². The minimum Gasteiger partial charge on any atom is -0.353 e. The molecule has 0 saturated heterocycles. The predicted molar refractivity (Wildman–Crippen MR) is 76.5 cm³/mol. The van der Waals surface area contributed by atoms with Gasteiger partial charge < -0.3 is 10.6 Å². The zero-order valence-corrected chi connectivity index (χ0v) is 12.5.